The lowest BCUT2D eigenvalue weighted by molar-refractivity contribution is -0.142. The first-order valence-electron chi connectivity index (χ1n) is 5.03. The van der Waals surface area contributed by atoms with E-state index in [0.29, 0.717) is 0 Å². The maximum atomic E-state index is 9.90. The smallest absolute Gasteiger partial charge is 0.0698 e. The molecule has 1 aliphatic carbocycles. The lowest BCUT2D eigenvalue weighted by atomic mass is 9.74. The lowest BCUT2D eigenvalue weighted by Crippen LogP contribution is -2.48. The highest BCUT2D eigenvalue weighted by Gasteiger charge is 2.42. The summed E-state index contributed by atoms with van der Waals surface area (Å²) in [5, 5.41) is 9.90. The summed E-state index contributed by atoms with van der Waals surface area (Å²) in [4.78, 5) is 0. The van der Waals surface area contributed by atoms with Crippen LogP contribution in [-0.4, -0.2) is 37.1 Å². The van der Waals surface area contributed by atoms with E-state index in [1.807, 2.05) is 6.92 Å². The summed E-state index contributed by atoms with van der Waals surface area (Å²) in [6, 6.07) is 0. The van der Waals surface area contributed by atoms with E-state index in [1.54, 1.807) is 7.11 Å². The molecule has 0 saturated heterocycles. The molecule has 3 heteroatoms. The van der Waals surface area contributed by atoms with Gasteiger partial charge in [-0.1, -0.05) is 0 Å². The van der Waals surface area contributed by atoms with Gasteiger partial charge in [-0.05, 0) is 19.8 Å². The molecule has 1 fully saturated rings. The lowest BCUT2D eigenvalue weighted by Gasteiger charge is -2.43. The molecule has 0 heterocycles. The Kier molecular flexibility index (Phi) is 4.16. The Morgan fingerprint density at radius 2 is 2.15 bits per heavy atom. The van der Waals surface area contributed by atoms with E-state index in [4.69, 9.17) is 9.47 Å². The van der Waals surface area contributed by atoms with Crippen LogP contribution in [0.1, 0.15) is 32.6 Å². The maximum absolute atomic E-state index is 9.90. The molecule has 78 valence electrons. The molecule has 0 spiro atoms. The molecule has 0 radical (unpaired) electrons. The summed E-state index contributed by atoms with van der Waals surface area (Å²) in [5.74, 6) is 0. The zero-order valence-corrected chi connectivity index (χ0v) is 8.58. The van der Waals surface area contributed by atoms with Crippen LogP contribution in [0, 0.1) is 0 Å². The number of rotatable bonds is 6. The van der Waals surface area contributed by atoms with Crippen molar-refractivity contribution < 1.29 is 14.6 Å². The Morgan fingerprint density at radius 1 is 1.46 bits per heavy atom. The topological polar surface area (TPSA) is 38.7 Å². The molecule has 13 heavy (non-hydrogen) atoms. The van der Waals surface area contributed by atoms with Crippen molar-refractivity contribution in [3.63, 3.8) is 0 Å². The quantitative estimate of drug-likeness (QED) is 0.639. The first-order valence-corrected chi connectivity index (χ1v) is 5.03. The van der Waals surface area contributed by atoms with Gasteiger partial charge in [0.25, 0.3) is 0 Å². The van der Waals surface area contributed by atoms with Gasteiger partial charge < -0.3 is 14.6 Å². The van der Waals surface area contributed by atoms with Crippen LogP contribution in [0.5, 0.6) is 0 Å². The van der Waals surface area contributed by atoms with Gasteiger partial charge in [0.15, 0.2) is 0 Å². The zero-order valence-electron chi connectivity index (χ0n) is 8.58. The molecule has 1 rings (SSSR count). The van der Waals surface area contributed by atoms with Crippen LogP contribution in [0.3, 0.4) is 0 Å². The molecule has 0 bridgehead atoms. The molecule has 0 aliphatic heterocycles. The minimum absolute atomic E-state index is 0.289. The van der Waals surface area contributed by atoms with E-state index < -0.39 is 5.60 Å². The normalized spacial score (nSPS) is 33.0. The van der Waals surface area contributed by atoms with Crippen molar-refractivity contribution in [1.29, 1.82) is 0 Å². The maximum Gasteiger partial charge on any atom is 0.0698 e. The Balaban J connectivity index is 2.07. The zero-order chi connectivity index (χ0) is 9.73. The summed E-state index contributed by atoms with van der Waals surface area (Å²) in [6.45, 7) is 3.47. The van der Waals surface area contributed by atoms with Gasteiger partial charge in [-0.25, -0.2) is 0 Å². The third-order valence-electron chi connectivity index (χ3n) is 2.61. The number of hydrogen-bond acceptors (Lipinski definition) is 3. The van der Waals surface area contributed by atoms with Crippen LogP contribution in [0.25, 0.3) is 0 Å². The van der Waals surface area contributed by atoms with E-state index >= 15 is 0 Å². The molecule has 0 aromatic carbocycles. The van der Waals surface area contributed by atoms with E-state index in [9.17, 15) is 5.11 Å². The Labute approximate surface area is 80.0 Å². The third kappa shape index (κ3) is 3.25. The second kappa shape index (κ2) is 4.94. The van der Waals surface area contributed by atoms with E-state index in [-0.39, 0.29) is 6.10 Å². The molecule has 0 unspecified atom stereocenters. The monoisotopic (exact) mass is 188 g/mol. The van der Waals surface area contributed by atoms with Gasteiger partial charge >= 0.3 is 0 Å². The van der Waals surface area contributed by atoms with Crippen molar-refractivity contribution in [2.75, 3.05) is 20.3 Å². The molecular weight excluding hydrogens is 168 g/mol. The van der Waals surface area contributed by atoms with Crippen LogP contribution < -0.4 is 0 Å². The Bertz CT molecular complexity index is 136. The van der Waals surface area contributed by atoms with Crippen LogP contribution in [0.2, 0.25) is 0 Å². The summed E-state index contributed by atoms with van der Waals surface area (Å²) < 4.78 is 10.3. The highest BCUT2D eigenvalue weighted by molar-refractivity contribution is 4.94. The molecule has 1 saturated carbocycles. The SMILES string of the molecule is CCOC1CC(O)(CCCOC)C1. The standard InChI is InChI=1S/C10H20O3/c1-3-13-9-7-10(11,8-9)5-4-6-12-2/h9,11H,3-8H2,1-2H3. The number of aliphatic hydroxyl groups is 1. The summed E-state index contributed by atoms with van der Waals surface area (Å²) in [7, 11) is 1.69. The highest BCUT2D eigenvalue weighted by Crippen LogP contribution is 2.37. The van der Waals surface area contributed by atoms with Crippen LogP contribution in [0.15, 0.2) is 0 Å². The molecule has 0 atom stereocenters. The molecule has 1 aliphatic rings. The van der Waals surface area contributed by atoms with Crippen LogP contribution in [-0.2, 0) is 9.47 Å². The summed E-state index contributed by atoms with van der Waals surface area (Å²) >= 11 is 0. The van der Waals surface area contributed by atoms with Crippen molar-refractivity contribution in [2.45, 2.75) is 44.3 Å². The average molecular weight is 188 g/mol. The second-order valence-electron chi connectivity index (χ2n) is 3.81. The Hall–Kier alpha value is -0.120. The fourth-order valence-corrected chi connectivity index (χ4v) is 1.89. The van der Waals surface area contributed by atoms with Crippen LogP contribution >= 0.6 is 0 Å². The average Bonchev–Trinajstić information content (AvgIpc) is 2.03. The van der Waals surface area contributed by atoms with Crippen molar-refractivity contribution in [1.82, 2.24) is 0 Å². The molecule has 0 aromatic heterocycles. The first kappa shape index (κ1) is 11.0. The van der Waals surface area contributed by atoms with Gasteiger partial charge in [0.1, 0.15) is 0 Å². The highest BCUT2D eigenvalue weighted by atomic mass is 16.5. The molecule has 1 N–H and O–H groups in total. The van der Waals surface area contributed by atoms with Gasteiger partial charge in [0, 0.05) is 33.2 Å². The Morgan fingerprint density at radius 3 is 2.69 bits per heavy atom. The van der Waals surface area contributed by atoms with Crippen molar-refractivity contribution >= 4 is 0 Å². The van der Waals surface area contributed by atoms with E-state index in [1.165, 1.54) is 0 Å². The predicted molar refractivity (Wildman–Crippen MR) is 50.7 cm³/mol. The van der Waals surface area contributed by atoms with Crippen molar-refractivity contribution in [3.05, 3.63) is 0 Å². The van der Waals surface area contributed by atoms with Gasteiger partial charge in [0.2, 0.25) is 0 Å². The van der Waals surface area contributed by atoms with Gasteiger partial charge in [-0.3, -0.25) is 0 Å². The summed E-state index contributed by atoms with van der Waals surface area (Å²) in [6.07, 6.45) is 3.66. The summed E-state index contributed by atoms with van der Waals surface area (Å²) in [5.41, 5.74) is -0.460. The molecule has 3 nitrogen and oxygen atoms in total. The van der Waals surface area contributed by atoms with Gasteiger partial charge in [0.05, 0.1) is 11.7 Å². The minimum atomic E-state index is -0.460. The third-order valence-corrected chi connectivity index (χ3v) is 2.61. The minimum Gasteiger partial charge on any atom is -0.390 e. The van der Waals surface area contributed by atoms with Crippen molar-refractivity contribution in [3.8, 4) is 0 Å². The second-order valence-corrected chi connectivity index (χ2v) is 3.81. The van der Waals surface area contributed by atoms with E-state index in [2.05, 4.69) is 0 Å². The van der Waals surface area contributed by atoms with Gasteiger partial charge in [-0.15, -0.1) is 0 Å². The fourth-order valence-electron chi connectivity index (χ4n) is 1.89. The van der Waals surface area contributed by atoms with Crippen molar-refractivity contribution in [2.24, 2.45) is 0 Å². The van der Waals surface area contributed by atoms with Gasteiger partial charge in [-0.2, -0.15) is 0 Å². The fraction of sp³-hybridized carbons (Fsp3) is 1.00. The molecule has 0 amide bonds. The van der Waals surface area contributed by atoms with Crippen LogP contribution in [0.4, 0.5) is 0 Å². The number of ether oxygens (including phenoxy) is 2. The molecule has 0 aromatic rings. The number of methoxy groups -OCH3 is 1. The van der Waals surface area contributed by atoms with E-state index in [0.717, 1.165) is 38.9 Å². The molecular formula is C10H20O3. The number of hydrogen-bond donors (Lipinski definition) is 1. The first-order chi connectivity index (χ1) is 6.20. The largest absolute Gasteiger partial charge is 0.390 e. The predicted octanol–water partition coefficient (Wildman–Crippen LogP) is 1.34.